The summed E-state index contributed by atoms with van der Waals surface area (Å²) in [5.74, 6) is 0. The van der Waals surface area contributed by atoms with Crippen LogP contribution in [0.4, 0.5) is 0 Å². The Balaban J connectivity index is 2.64. The summed E-state index contributed by atoms with van der Waals surface area (Å²) in [5.41, 5.74) is 2.92. The van der Waals surface area contributed by atoms with Gasteiger partial charge in [0.05, 0.1) is 5.69 Å². The Morgan fingerprint density at radius 1 is 1.00 bits per heavy atom. The van der Waals surface area contributed by atoms with Gasteiger partial charge in [-0.15, -0.1) is 4.73 Å². The van der Waals surface area contributed by atoms with E-state index in [0.29, 0.717) is 10.4 Å². The molecule has 0 atom stereocenters. The van der Waals surface area contributed by atoms with Crippen LogP contribution in [-0.4, -0.2) is 9.94 Å². The van der Waals surface area contributed by atoms with Crippen molar-refractivity contribution in [3.05, 3.63) is 57.9 Å². The molecule has 0 saturated carbocycles. The third-order valence-electron chi connectivity index (χ3n) is 2.50. The van der Waals surface area contributed by atoms with Gasteiger partial charge in [0.1, 0.15) is 0 Å². The lowest BCUT2D eigenvalue weighted by molar-refractivity contribution is 0.179. The van der Waals surface area contributed by atoms with E-state index in [1.165, 1.54) is 6.07 Å². The first-order valence-corrected chi connectivity index (χ1v) is 5.08. The highest BCUT2D eigenvalue weighted by Gasteiger charge is 2.05. The molecule has 0 saturated heterocycles. The molecule has 0 aliphatic carbocycles. The molecule has 2 aromatic rings. The van der Waals surface area contributed by atoms with Gasteiger partial charge in [0, 0.05) is 11.6 Å². The Labute approximate surface area is 93.6 Å². The summed E-state index contributed by atoms with van der Waals surface area (Å²) < 4.78 is 0.678. The van der Waals surface area contributed by atoms with Crippen molar-refractivity contribution in [3.63, 3.8) is 0 Å². The molecule has 1 N–H and O–H groups in total. The van der Waals surface area contributed by atoms with Crippen molar-refractivity contribution in [2.75, 3.05) is 0 Å². The van der Waals surface area contributed by atoms with E-state index in [-0.39, 0.29) is 0 Å². The number of aromatic nitrogens is 1. The zero-order valence-corrected chi connectivity index (χ0v) is 9.27. The van der Waals surface area contributed by atoms with Crippen molar-refractivity contribution < 1.29 is 5.21 Å². The molecular formula is C13H13NO2. The lowest BCUT2D eigenvalue weighted by atomic mass is 10.1. The molecule has 16 heavy (non-hydrogen) atoms. The van der Waals surface area contributed by atoms with Crippen LogP contribution in [0.25, 0.3) is 11.3 Å². The van der Waals surface area contributed by atoms with E-state index in [4.69, 9.17) is 0 Å². The molecule has 0 fully saturated rings. The fourth-order valence-electron chi connectivity index (χ4n) is 1.62. The van der Waals surface area contributed by atoms with Crippen molar-refractivity contribution in [2.45, 2.75) is 13.8 Å². The molecule has 3 heteroatoms. The van der Waals surface area contributed by atoms with Crippen molar-refractivity contribution in [3.8, 4) is 11.3 Å². The average molecular weight is 215 g/mol. The van der Waals surface area contributed by atoms with Crippen LogP contribution in [0, 0.1) is 13.8 Å². The van der Waals surface area contributed by atoms with Gasteiger partial charge in [-0.3, -0.25) is 4.79 Å². The van der Waals surface area contributed by atoms with Crippen molar-refractivity contribution in [1.82, 2.24) is 4.73 Å². The number of benzene rings is 1. The van der Waals surface area contributed by atoms with Crippen LogP contribution in [0.2, 0.25) is 0 Å². The Bertz CT molecular complexity index is 567. The van der Waals surface area contributed by atoms with E-state index in [1.54, 1.807) is 6.07 Å². The van der Waals surface area contributed by atoms with Gasteiger partial charge < -0.3 is 5.21 Å². The van der Waals surface area contributed by atoms with Gasteiger partial charge in [0.15, 0.2) is 0 Å². The third-order valence-corrected chi connectivity index (χ3v) is 2.50. The normalized spacial score (nSPS) is 10.4. The molecule has 0 unspecified atom stereocenters. The molecule has 0 aliphatic heterocycles. The maximum atomic E-state index is 11.4. The zero-order chi connectivity index (χ0) is 11.7. The smallest absolute Gasteiger partial charge is 0.283 e. The third kappa shape index (κ3) is 1.84. The first-order valence-electron chi connectivity index (χ1n) is 5.08. The fraction of sp³-hybridized carbons (Fsp3) is 0.154. The molecule has 1 aromatic heterocycles. The monoisotopic (exact) mass is 215 g/mol. The molecular weight excluding hydrogens is 202 g/mol. The molecule has 0 amide bonds. The predicted molar refractivity (Wildman–Crippen MR) is 62.8 cm³/mol. The van der Waals surface area contributed by atoms with E-state index >= 15 is 0 Å². The van der Waals surface area contributed by atoms with E-state index in [1.807, 2.05) is 38.1 Å². The highest BCUT2D eigenvalue weighted by Crippen LogP contribution is 2.18. The lowest BCUT2D eigenvalue weighted by Gasteiger charge is -2.07. The highest BCUT2D eigenvalue weighted by molar-refractivity contribution is 5.60. The number of hydrogen-bond donors (Lipinski definition) is 1. The second-order valence-electron chi connectivity index (χ2n) is 3.93. The predicted octanol–water partition coefficient (Wildman–Crippen LogP) is 2.37. The van der Waals surface area contributed by atoms with Crippen molar-refractivity contribution >= 4 is 0 Å². The van der Waals surface area contributed by atoms with Gasteiger partial charge in [-0.2, -0.15) is 0 Å². The van der Waals surface area contributed by atoms with Crippen LogP contribution in [0.5, 0.6) is 0 Å². The fourth-order valence-corrected chi connectivity index (χ4v) is 1.62. The second kappa shape index (κ2) is 3.85. The summed E-state index contributed by atoms with van der Waals surface area (Å²) in [6.07, 6.45) is 0. The molecule has 2 rings (SSSR count). The molecule has 82 valence electrons. The number of nitrogens with zero attached hydrogens (tertiary/aromatic N) is 1. The summed E-state index contributed by atoms with van der Waals surface area (Å²) in [7, 11) is 0. The summed E-state index contributed by atoms with van der Waals surface area (Å²) in [5, 5.41) is 9.65. The number of rotatable bonds is 1. The first kappa shape index (κ1) is 10.5. The Kier molecular flexibility index (Phi) is 2.52. The van der Waals surface area contributed by atoms with Gasteiger partial charge >= 0.3 is 0 Å². The lowest BCUT2D eigenvalue weighted by Crippen LogP contribution is -2.18. The Morgan fingerprint density at radius 3 is 2.25 bits per heavy atom. The highest BCUT2D eigenvalue weighted by atomic mass is 16.5. The van der Waals surface area contributed by atoms with Crippen LogP contribution in [0.3, 0.4) is 0 Å². The SMILES string of the molecule is Cc1ccc(-c2cc(C)cc(=O)n2O)cc1. The van der Waals surface area contributed by atoms with E-state index in [2.05, 4.69) is 0 Å². The summed E-state index contributed by atoms with van der Waals surface area (Å²) in [4.78, 5) is 11.4. The van der Waals surface area contributed by atoms with Gasteiger partial charge in [-0.05, 0) is 25.5 Å². The van der Waals surface area contributed by atoms with Crippen LogP contribution < -0.4 is 5.56 Å². The molecule has 0 bridgehead atoms. The van der Waals surface area contributed by atoms with Crippen LogP contribution in [0.15, 0.2) is 41.2 Å². The number of pyridine rings is 1. The van der Waals surface area contributed by atoms with Gasteiger partial charge in [0.25, 0.3) is 5.56 Å². The summed E-state index contributed by atoms with van der Waals surface area (Å²) in [6.45, 7) is 3.82. The van der Waals surface area contributed by atoms with Crippen LogP contribution in [-0.2, 0) is 0 Å². The summed E-state index contributed by atoms with van der Waals surface area (Å²) in [6, 6.07) is 10.8. The van der Waals surface area contributed by atoms with Gasteiger partial charge in [-0.1, -0.05) is 29.8 Å². The standard InChI is InChI=1S/C13H13NO2/c1-9-3-5-11(6-4-9)12-7-10(2)8-13(15)14(12)16/h3-8,16H,1-2H3. The molecule has 0 radical (unpaired) electrons. The second-order valence-corrected chi connectivity index (χ2v) is 3.93. The first-order chi connectivity index (χ1) is 7.58. The number of aryl methyl sites for hydroxylation is 2. The Hall–Kier alpha value is -2.03. The average Bonchev–Trinajstić information content (AvgIpc) is 2.25. The van der Waals surface area contributed by atoms with Crippen molar-refractivity contribution in [2.24, 2.45) is 0 Å². The zero-order valence-electron chi connectivity index (χ0n) is 9.27. The van der Waals surface area contributed by atoms with Gasteiger partial charge in [-0.25, -0.2) is 0 Å². The van der Waals surface area contributed by atoms with E-state index < -0.39 is 5.56 Å². The maximum Gasteiger partial charge on any atom is 0.283 e. The van der Waals surface area contributed by atoms with Gasteiger partial charge in [0.2, 0.25) is 0 Å². The molecule has 3 nitrogen and oxygen atoms in total. The molecule has 1 heterocycles. The minimum Gasteiger partial charge on any atom is -0.425 e. The topological polar surface area (TPSA) is 42.2 Å². The van der Waals surface area contributed by atoms with Crippen molar-refractivity contribution in [1.29, 1.82) is 0 Å². The van der Waals surface area contributed by atoms with E-state index in [0.717, 1.165) is 16.7 Å². The van der Waals surface area contributed by atoms with Crippen LogP contribution >= 0.6 is 0 Å². The quantitative estimate of drug-likeness (QED) is 0.742. The Morgan fingerprint density at radius 2 is 1.62 bits per heavy atom. The number of hydrogen-bond acceptors (Lipinski definition) is 2. The van der Waals surface area contributed by atoms with E-state index in [9.17, 15) is 10.0 Å². The minimum atomic E-state index is -0.407. The maximum absolute atomic E-state index is 11.4. The molecule has 1 aromatic carbocycles. The molecule has 0 spiro atoms. The molecule has 0 aliphatic rings. The minimum absolute atomic E-state index is 0.407. The largest absolute Gasteiger partial charge is 0.425 e. The van der Waals surface area contributed by atoms with Crippen LogP contribution in [0.1, 0.15) is 11.1 Å². The summed E-state index contributed by atoms with van der Waals surface area (Å²) >= 11 is 0.